The van der Waals surface area contributed by atoms with E-state index in [2.05, 4.69) is 0 Å². The predicted octanol–water partition coefficient (Wildman–Crippen LogP) is 3.06. The molecule has 2 atom stereocenters. The monoisotopic (exact) mass is 318 g/mol. The summed E-state index contributed by atoms with van der Waals surface area (Å²) in [7, 11) is 0. The van der Waals surface area contributed by atoms with Gasteiger partial charge in [0.05, 0.1) is 10.8 Å². The zero-order valence-corrected chi connectivity index (χ0v) is 12.7. The molecule has 5 heteroatoms. The predicted molar refractivity (Wildman–Crippen MR) is 79.3 cm³/mol. The van der Waals surface area contributed by atoms with Gasteiger partial charge in [0.2, 0.25) is 0 Å². The summed E-state index contributed by atoms with van der Waals surface area (Å²) in [5.74, 6) is -2.13. The fourth-order valence-electron chi connectivity index (χ4n) is 5.94. The molecule has 1 aromatic carbocycles. The Morgan fingerprint density at radius 1 is 0.957 bits per heavy atom. The highest BCUT2D eigenvalue weighted by Gasteiger charge is 2.67. The van der Waals surface area contributed by atoms with Crippen LogP contribution in [-0.2, 0) is 15.0 Å². The molecule has 1 aromatic rings. The number of benzene rings is 1. The van der Waals surface area contributed by atoms with Crippen LogP contribution in [0.15, 0.2) is 24.3 Å². The Labute approximate surface area is 133 Å². The number of carbonyl (C=O) groups is 2. The van der Waals surface area contributed by atoms with Crippen molar-refractivity contribution in [1.29, 1.82) is 0 Å². The Kier molecular flexibility index (Phi) is 2.91. The van der Waals surface area contributed by atoms with Gasteiger partial charge in [-0.3, -0.25) is 9.59 Å². The Morgan fingerprint density at radius 3 is 2.00 bits per heavy atom. The topological polar surface area (TPSA) is 74.6 Å². The molecule has 23 heavy (non-hydrogen) atoms. The minimum Gasteiger partial charge on any atom is -0.481 e. The lowest BCUT2D eigenvalue weighted by molar-refractivity contribution is -0.185. The first-order valence-electron chi connectivity index (χ1n) is 8.11. The number of hydrogen-bond acceptors (Lipinski definition) is 2. The molecule has 4 nitrogen and oxygen atoms in total. The minimum absolute atomic E-state index is 0.187. The van der Waals surface area contributed by atoms with Crippen LogP contribution in [0.1, 0.15) is 37.7 Å². The second kappa shape index (κ2) is 4.56. The molecule has 4 aliphatic carbocycles. The van der Waals surface area contributed by atoms with Crippen LogP contribution in [0.3, 0.4) is 0 Å². The van der Waals surface area contributed by atoms with E-state index in [-0.39, 0.29) is 17.7 Å². The third-order valence-corrected chi connectivity index (χ3v) is 6.61. The molecule has 2 unspecified atom stereocenters. The van der Waals surface area contributed by atoms with Crippen molar-refractivity contribution in [1.82, 2.24) is 0 Å². The van der Waals surface area contributed by atoms with Gasteiger partial charge in [-0.05, 0) is 67.6 Å². The zero-order valence-electron chi connectivity index (χ0n) is 12.7. The molecule has 0 amide bonds. The van der Waals surface area contributed by atoms with Gasteiger partial charge in [0.25, 0.3) is 0 Å². The van der Waals surface area contributed by atoms with Crippen LogP contribution in [0.5, 0.6) is 0 Å². The fourth-order valence-corrected chi connectivity index (χ4v) is 5.94. The molecular formula is C18H19FO4. The lowest BCUT2D eigenvalue weighted by Gasteiger charge is -2.62. The molecule has 0 saturated heterocycles. The molecule has 0 aromatic heterocycles. The number of carboxylic acids is 2. The van der Waals surface area contributed by atoms with E-state index in [1.54, 1.807) is 12.1 Å². The smallest absolute Gasteiger partial charge is 0.314 e. The summed E-state index contributed by atoms with van der Waals surface area (Å²) in [6.45, 7) is 0. The molecule has 4 bridgehead atoms. The average molecular weight is 318 g/mol. The van der Waals surface area contributed by atoms with Gasteiger partial charge in [0, 0.05) is 0 Å². The van der Waals surface area contributed by atoms with Crippen molar-refractivity contribution >= 4 is 11.9 Å². The van der Waals surface area contributed by atoms with Gasteiger partial charge in [-0.2, -0.15) is 0 Å². The van der Waals surface area contributed by atoms with Gasteiger partial charge in [0.15, 0.2) is 0 Å². The summed E-state index contributed by atoms with van der Waals surface area (Å²) < 4.78 is 13.3. The highest BCUT2D eigenvalue weighted by Crippen LogP contribution is 2.67. The summed E-state index contributed by atoms with van der Waals surface area (Å²) in [6.07, 6.45) is 3.02. The van der Waals surface area contributed by atoms with Gasteiger partial charge in [-0.25, -0.2) is 4.39 Å². The quantitative estimate of drug-likeness (QED) is 0.898. The van der Waals surface area contributed by atoms with Gasteiger partial charge >= 0.3 is 11.9 Å². The summed E-state index contributed by atoms with van der Waals surface area (Å²) in [4.78, 5) is 24.1. The lowest BCUT2D eigenvalue weighted by atomic mass is 9.39. The zero-order chi connectivity index (χ0) is 16.4. The summed E-state index contributed by atoms with van der Waals surface area (Å²) in [5.41, 5.74) is -1.19. The second-order valence-corrected chi connectivity index (χ2v) is 7.61. The van der Waals surface area contributed by atoms with Crippen LogP contribution in [0.4, 0.5) is 4.39 Å². The van der Waals surface area contributed by atoms with Gasteiger partial charge in [0.1, 0.15) is 5.82 Å². The van der Waals surface area contributed by atoms with Crippen LogP contribution in [-0.4, -0.2) is 22.2 Å². The maximum absolute atomic E-state index is 13.3. The van der Waals surface area contributed by atoms with Crippen molar-refractivity contribution in [2.45, 2.75) is 37.5 Å². The molecule has 122 valence electrons. The molecule has 0 heterocycles. The highest BCUT2D eigenvalue weighted by atomic mass is 19.1. The standard InChI is InChI=1S/C18H19FO4/c19-14-3-1-11(2-4-14)18(16(22)23)12-5-10-6-13(18)9-17(7-10,8-12)15(20)21/h1-4,10,12-13H,5-9H2,(H,20,21)(H,22,23)/t10?,12?,13?,17-,18+. The van der Waals surface area contributed by atoms with Gasteiger partial charge < -0.3 is 10.2 Å². The number of aliphatic carboxylic acids is 2. The Morgan fingerprint density at radius 2 is 1.52 bits per heavy atom. The maximum Gasteiger partial charge on any atom is 0.314 e. The van der Waals surface area contributed by atoms with Crippen LogP contribution in [0, 0.1) is 29.0 Å². The molecular weight excluding hydrogens is 299 g/mol. The number of carboxylic acid groups (broad SMARTS) is 2. The highest BCUT2D eigenvalue weighted by molar-refractivity contribution is 5.85. The van der Waals surface area contributed by atoms with Crippen molar-refractivity contribution < 1.29 is 24.2 Å². The fraction of sp³-hybridized carbons (Fsp3) is 0.556. The SMILES string of the molecule is O=C(O)[C@]12CC3CC(C1)[C@@](C(=O)O)(c1ccc(F)cc1)C(C3)C2. The lowest BCUT2D eigenvalue weighted by Crippen LogP contribution is -2.64. The van der Waals surface area contributed by atoms with Crippen molar-refractivity contribution in [3.8, 4) is 0 Å². The number of hydrogen-bond donors (Lipinski definition) is 2. The molecule has 0 radical (unpaired) electrons. The van der Waals surface area contributed by atoms with E-state index < -0.39 is 22.8 Å². The van der Waals surface area contributed by atoms with E-state index in [1.807, 2.05) is 0 Å². The Balaban J connectivity index is 1.85. The van der Waals surface area contributed by atoms with E-state index in [1.165, 1.54) is 12.1 Å². The second-order valence-electron chi connectivity index (χ2n) is 7.61. The summed E-state index contributed by atoms with van der Waals surface area (Å²) in [5, 5.41) is 19.8. The van der Waals surface area contributed by atoms with Crippen LogP contribution < -0.4 is 0 Å². The number of halogens is 1. The third kappa shape index (κ3) is 1.76. The van der Waals surface area contributed by atoms with E-state index in [0.29, 0.717) is 30.7 Å². The van der Waals surface area contributed by atoms with Gasteiger partial charge in [-0.15, -0.1) is 0 Å². The van der Waals surface area contributed by atoms with Crippen LogP contribution in [0.25, 0.3) is 0 Å². The first kappa shape index (κ1) is 14.7. The van der Waals surface area contributed by atoms with E-state index in [9.17, 15) is 24.2 Å². The van der Waals surface area contributed by atoms with Crippen LogP contribution >= 0.6 is 0 Å². The van der Waals surface area contributed by atoms with Crippen molar-refractivity contribution in [3.05, 3.63) is 35.6 Å². The molecule has 4 saturated carbocycles. The van der Waals surface area contributed by atoms with Crippen molar-refractivity contribution in [2.24, 2.45) is 23.2 Å². The summed E-state index contributed by atoms with van der Waals surface area (Å²) >= 11 is 0. The third-order valence-electron chi connectivity index (χ3n) is 6.61. The van der Waals surface area contributed by atoms with E-state index >= 15 is 0 Å². The van der Waals surface area contributed by atoms with Crippen LogP contribution in [0.2, 0.25) is 0 Å². The van der Waals surface area contributed by atoms with Crippen molar-refractivity contribution in [3.63, 3.8) is 0 Å². The minimum atomic E-state index is -1.07. The maximum atomic E-state index is 13.3. The molecule has 0 aliphatic heterocycles. The summed E-state index contributed by atoms with van der Waals surface area (Å²) in [6, 6.07) is 5.74. The first-order chi connectivity index (χ1) is 10.9. The largest absolute Gasteiger partial charge is 0.481 e. The van der Waals surface area contributed by atoms with E-state index in [0.717, 1.165) is 12.8 Å². The molecule has 2 N–H and O–H groups in total. The number of rotatable bonds is 3. The molecule has 4 fully saturated rings. The Bertz CT molecular complexity index is 665. The first-order valence-corrected chi connectivity index (χ1v) is 8.11. The molecule has 0 spiro atoms. The molecule has 4 aliphatic rings. The van der Waals surface area contributed by atoms with Gasteiger partial charge in [-0.1, -0.05) is 12.1 Å². The average Bonchev–Trinajstić information content (AvgIpc) is 2.48. The van der Waals surface area contributed by atoms with E-state index in [4.69, 9.17) is 0 Å². The van der Waals surface area contributed by atoms with Crippen molar-refractivity contribution in [2.75, 3.05) is 0 Å². The molecule has 5 rings (SSSR count). The normalized spacial score (nSPS) is 41.0. The Hall–Kier alpha value is -1.91.